The van der Waals surface area contributed by atoms with Gasteiger partial charge < -0.3 is 0 Å². The van der Waals surface area contributed by atoms with Crippen molar-refractivity contribution in [3.05, 3.63) is 59.7 Å². The maximum atomic E-state index is 14.2. The predicted octanol–water partition coefficient (Wildman–Crippen LogP) is 6.07. The minimum Gasteiger partial charge on any atom is -0.286 e. The molecule has 0 aliphatic heterocycles. The molecule has 0 aromatic heterocycles. The predicted molar refractivity (Wildman–Crippen MR) is 105 cm³/mol. The highest BCUT2D eigenvalue weighted by Crippen LogP contribution is 2.45. The maximum Gasteiger partial charge on any atom is 0.255 e. The minimum absolute atomic E-state index is 0.327. The summed E-state index contributed by atoms with van der Waals surface area (Å²) >= 11 is 3.83. The molecule has 1 fully saturated rings. The van der Waals surface area contributed by atoms with Crippen LogP contribution in [0.3, 0.4) is 0 Å². The van der Waals surface area contributed by atoms with Crippen molar-refractivity contribution in [2.45, 2.75) is 56.8 Å². The average molecular weight is 377 g/mol. The van der Waals surface area contributed by atoms with Crippen LogP contribution in [0.15, 0.2) is 48.6 Å². The summed E-state index contributed by atoms with van der Waals surface area (Å²) in [6.07, 6.45) is 9.20. The number of rotatable bonds is 5. The fourth-order valence-electron chi connectivity index (χ4n) is 4.38. The molecule has 1 saturated carbocycles. The molecule has 0 atom stereocenters. The van der Waals surface area contributed by atoms with Gasteiger partial charge in [-0.15, -0.1) is 12.6 Å². The summed E-state index contributed by atoms with van der Waals surface area (Å²) < 4.78 is 28.5. The van der Waals surface area contributed by atoms with Gasteiger partial charge in [0, 0.05) is 0 Å². The van der Waals surface area contributed by atoms with E-state index >= 15 is 0 Å². The summed E-state index contributed by atoms with van der Waals surface area (Å²) in [5, 5.41) is -0.327. The van der Waals surface area contributed by atoms with Gasteiger partial charge in [0.25, 0.3) is 6.43 Å². The average Bonchev–Trinajstić information content (AvgIpc) is 2.68. The van der Waals surface area contributed by atoms with Gasteiger partial charge in [-0.3, -0.25) is 4.79 Å². The van der Waals surface area contributed by atoms with Crippen molar-refractivity contribution in [3.8, 4) is 0 Å². The van der Waals surface area contributed by atoms with Crippen molar-refractivity contribution in [2.24, 2.45) is 11.8 Å². The molecule has 0 bridgehead atoms. The smallest absolute Gasteiger partial charge is 0.255 e. The van der Waals surface area contributed by atoms with Crippen molar-refractivity contribution in [1.82, 2.24) is 0 Å². The Labute approximate surface area is 160 Å². The summed E-state index contributed by atoms with van der Waals surface area (Å²) in [4.78, 5) is 11.5. The lowest BCUT2D eigenvalue weighted by Crippen LogP contribution is -2.34. The van der Waals surface area contributed by atoms with Crippen LogP contribution >= 0.6 is 12.6 Å². The van der Waals surface area contributed by atoms with Crippen molar-refractivity contribution in [1.29, 1.82) is 0 Å². The lowest BCUT2D eigenvalue weighted by Gasteiger charge is -2.36. The third-order valence-corrected chi connectivity index (χ3v) is 6.39. The topological polar surface area (TPSA) is 17.1 Å². The molecule has 0 saturated heterocycles. The molecular formula is C22H26F2OS. The lowest BCUT2D eigenvalue weighted by molar-refractivity contribution is -0.112. The van der Waals surface area contributed by atoms with Gasteiger partial charge in [0.2, 0.25) is 0 Å². The molecule has 0 heterocycles. The van der Waals surface area contributed by atoms with E-state index in [2.05, 4.69) is 19.6 Å². The van der Waals surface area contributed by atoms with Crippen LogP contribution in [0, 0.1) is 11.8 Å². The molecule has 4 heteroatoms. The zero-order valence-corrected chi connectivity index (χ0v) is 16.0. The van der Waals surface area contributed by atoms with Gasteiger partial charge >= 0.3 is 0 Å². The normalized spacial score (nSPS) is 31.3. The summed E-state index contributed by atoms with van der Waals surface area (Å²) in [5.41, 5.74) is 0.248. The van der Waals surface area contributed by atoms with Crippen LogP contribution in [0.4, 0.5) is 8.78 Å². The van der Waals surface area contributed by atoms with Crippen LogP contribution in [-0.2, 0) is 10.2 Å². The van der Waals surface area contributed by atoms with E-state index < -0.39 is 17.8 Å². The first-order valence-corrected chi connectivity index (χ1v) is 9.91. The Morgan fingerprint density at radius 3 is 2.31 bits per heavy atom. The van der Waals surface area contributed by atoms with Crippen LogP contribution < -0.4 is 0 Å². The SMILES string of the molecule is CC[C@H]1CC[C@H](c2ccccc2C2(C(F)F)C=CC(C(=O)S)C=C2)CC1. The van der Waals surface area contributed by atoms with Crippen molar-refractivity contribution >= 4 is 17.7 Å². The number of carbonyl (C=O) groups is 1. The van der Waals surface area contributed by atoms with Gasteiger partial charge in [0.1, 0.15) is 0 Å². The second-order valence-electron chi connectivity index (χ2n) is 7.53. The van der Waals surface area contributed by atoms with E-state index in [-0.39, 0.29) is 5.12 Å². The number of halogens is 2. The monoisotopic (exact) mass is 376 g/mol. The third kappa shape index (κ3) is 3.66. The fourth-order valence-corrected chi connectivity index (χ4v) is 4.55. The van der Waals surface area contributed by atoms with Crippen molar-refractivity contribution in [2.75, 3.05) is 0 Å². The zero-order chi connectivity index (χ0) is 18.7. The Morgan fingerprint density at radius 2 is 1.77 bits per heavy atom. The zero-order valence-electron chi connectivity index (χ0n) is 15.1. The summed E-state index contributed by atoms with van der Waals surface area (Å²) in [6.45, 7) is 2.22. The highest BCUT2D eigenvalue weighted by atomic mass is 32.1. The number of thiol groups is 1. The Morgan fingerprint density at radius 1 is 1.15 bits per heavy atom. The molecule has 140 valence electrons. The Kier molecular flexibility index (Phi) is 6.01. The first-order valence-electron chi connectivity index (χ1n) is 9.47. The molecule has 3 rings (SSSR count). The fraction of sp³-hybridized carbons (Fsp3) is 0.500. The minimum atomic E-state index is -2.57. The van der Waals surface area contributed by atoms with E-state index in [1.54, 1.807) is 12.2 Å². The number of hydrogen-bond donors (Lipinski definition) is 1. The summed E-state index contributed by atoms with van der Waals surface area (Å²) in [6, 6.07) is 7.61. The first kappa shape index (κ1) is 19.3. The van der Waals surface area contributed by atoms with E-state index in [9.17, 15) is 13.6 Å². The molecule has 0 unspecified atom stereocenters. The molecule has 1 nitrogen and oxygen atoms in total. The summed E-state index contributed by atoms with van der Waals surface area (Å²) in [7, 11) is 0. The lowest BCUT2D eigenvalue weighted by atomic mass is 9.69. The van der Waals surface area contributed by atoms with E-state index in [4.69, 9.17) is 0 Å². The summed E-state index contributed by atoms with van der Waals surface area (Å²) in [5.74, 6) is 0.562. The molecule has 0 N–H and O–H groups in total. The molecule has 0 amide bonds. The quantitative estimate of drug-likeness (QED) is 0.487. The molecule has 2 aliphatic rings. The van der Waals surface area contributed by atoms with Gasteiger partial charge in [-0.1, -0.05) is 61.9 Å². The highest BCUT2D eigenvalue weighted by molar-refractivity contribution is 7.96. The molecule has 1 aromatic carbocycles. The van der Waals surface area contributed by atoms with Crippen molar-refractivity contribution in [3.63, 3.8) is 0 Å². The molecule has 2 aliphatic carbocycles. The standard InChI is InChI=1S/C22H26F2OS/c1-2-15-7-9-16(10-8-15)18-5-3-4-6-19(18)22(21(23)24)13-11-17(12-14-22)20(25)26/h3-6,11-17,21H,2,7-10H2,1H3,(H,25,26)/t15-,16-,17?,22?. The second kappa shape index (κ2) is 8.08. The molecule has 0 spiro atoms. The number of benzene rings is 1. The van der Waals surface area contributed by atoms with Crippen LogP contribution in [0.2, 0.25) is 0 Å². The van der Waals surface area contributed by atoms with Crippen LogP contribution in [0.5, 0.6) is 0 Å². The van der Waals surface area contributed by atoms with E-state index in [1.807, 2.05) is 24.3 Å². The van der Waals surface area contributed by atoms with Crippen LogP contribution in [0.1, 0.15) is 56.1 Å². The maximum absolute atomic E-state index is 14.2. The Hall–Kier alpha value is -1.42. The highest BCUT2D eigenvalue weighted by Gasteiger charge is 2.41. The van der Waals surface area contributed by atoms with Gasteiger partial charge in [-0.25, -0.2) is 8.78 Å². The van der Waals surface area contributed by atoms with Gasteiger partial charge in [-0.2, -0.15) is 0 Å². The Bertz CT molecular complexity index is 688. The van der Waals surface area contributed by atoms with Crippen LogP contribution in [-0.4, -0.2) is 11.5 Å². The second-order valence-corrected chi connectivity index (χ2v) is 7.97. The van der Waals surface area contributed by atoms with Gasteiger partial charge in [0.15, 0.2) is 5.12 Å². The Balaban J connectivity index is 1.96. The number of hydrogen-bond acceptors (Lipinski definition) is 1. The molecule has 1 aromatic rings. The van der Waals surface area contributed by atoms with Gasteiger partial charge in [0.05, 0.1) is 11.3 Å². The molecule has 26 heavy (non-hydrogen) atoms. The number of alkyl halides is 2. The van der Waals surface area contributed by atoms with E-state index in [0.717, 1.165) is 24.3 Å². The van der Waals surface area contributed by atoms with Crippen molar-refractivity contribution < 1.29 is 13.6 Å². The van der Waals surface area contributed by atoms with E-state index in [1.165, 1.54) is 31.4 Å². The molecule has 0 radical (unpaired) electrons. The number of allylic oxidation sites excluding steroid dienone is 4. The molecular weight excluding hydrogens is 350 g/mol. The van der Waals surface area contributed by atoms with Crippen LogP contribution in [0.25, 0.3) is 0 Å². The number of carbonyl (C=O) groups excluding carboxylic acids is 1. The third-order valence-electron chi connectivity index (χ3n) is 6.10. The van der Waals surface area contributed by atoms with Gasteiger partial charge in [-0.05, 0) is 48.6 Å². The largest absolute Gasteiger partial charge is 0.286 e. The van der Waals surface area contributed by atoms with E-state index in [0.29, 0.717) is 11.5 Å². The first-order chi connectivity index (χ1) is 12.5.